The standard InChI is InChI=1S/C16H18N6OS/c1-2-21-10-18-20-13(21)11-5-4-8-22(9-11)16(23)15-19-12-6-3-7-17-14(12)24-15/h3,6-7,10-11H,2,4-5,8-9H2,1H3. The second-order valence-corrected chi connectivity index (χ2v) is 6.89. The number of nitrogens with zero attached hydrogens (tertiary/aromatic N) is 6. The summed E-state index contributed by atoms with van der Waals surface area (Å²) in [6.07, 6.45) is 5.48. The average Bonchev–Trinajstić information content (AvgIpc) is 3.27. The van der Waals surface area contributed by atoms with Gasteiger partial charge in [-0.25, -0.2) is 9.97 Å². The molecule has 8 heteroatoms. The number of rotatable bonds is 3. The van der Waals surface area contributed by atoms with Crippen molar-refractivity contribution in [3.8, 4) is 0 Å². The Morgan fingerprint density at radius 1 is 1.46 bits per heavy atom. The molecular weight excluding hydrogens is 324 g/mol. The van der Waals surface area contributed by atoms with Crippen LogP contribution in [-0.4, -0.2) is 48.6 Å². The number of aromatic nitrogens is 5. The fraction of sp³-hybridized carbons (Fsp3) is 0.438. The Morgan fingerprint density at radius 2 is 2.38 bits per heavy atom. The lowest BCUT2D eigenvalue weighted by atomic mass is 9.97. The van der Waals surface area contributed by atoms with Gasteiger partial charge in [0.15, 0.2) is 5.01 Å². The van der Waals surface area contributed by atoms with Crippen molar-refractivity contribution in [2.45, 2.75) is 32.2 Å². The number of aryl methyl sites for hydroxylation is 1. The number of hydrogen-bond acceptors (Lipinski definition) is 6. The van der Waals surface area contributed by atoms with E-state index in [2.05, 4.69) is 31.7 Å². The van der Waals surface area contributed by atoms with Gasteiger partial charge in [-0.15, -0.1) is 10.2 Å². The van der Waals surface area contributed by atoms with Gasteiger partial charge in [0.05, 0.1) is 0 Å². The summed E-state index contributed by atoms with van der Waals surface area (Å²) < 4.78 is 2.06. The number of carbonyl (C=O) groups excluding carboxylic acids is 1. The van der Waals surface area contributed by atoms with Crippen molar-refractivity contribution in [1.29, 1.82) is 0 Å². The zero-order chi connectivity index (χ0) is 16.5. The maximum Gasteiger partial charge on any atom is 0.282 e. The van der Waals surface area contributed by atoms with Crippen LogP contribution in [0, 0.1) is 0 Å². The Bertz CT molecular complexity index is 839. The maximum absolute atomic E-state index is 12.8. The van der Waals surface area contributed by atoms with Crippen LogP contribution in [0.4, 0.5) is 0 Å². The first-order chi connectivity index (χ1) is 11.8. The molecule has 1 amide bonds. The SMILES string of the molecule is CCn1cnnc1C1CCCN(C(=O)c2nc3cccnc3s2)C1. The van der Waals surface area contributed by atoms with Gasteiger partial charge in [0.25, 0.3) is 5.91 Å². The van der Waals surface area contributed by atoms with Gasteiger partial charge < -0.3 is 9.47 Å². The summed E-state index contributed by atoms with van der Waals surface area (Å²) in [6.45, 7) is 4.35. The van der Waals surface area contributed by atoms with Crippen LogP contribution in [0.5, 0.6) is 0 Å². The van der Waals surface area contributed by atoms with E-state index in [1.54, 1.807) is 12.5 Å². The van der Waals surface area contributed by atoms with Crippen molar-refractivity contribution >= 4 is 27.6 Å². The Hall–Kier alpha value is -2.35. The van der Waals surface area contributed by atoms with Crippen LogP contribution in [0.2, 0.25) is 0 Å². The number of pyridine rings is 1. The summed E-state index contributed by atoms with van der Waals surface area (Å²) in [5.41, 5.74) is 0.783. The van der Waals surface area contributed by atoms with Crippen LogP contribution >= 0.6 is 11.3 Å². The zero-order valence-corrected chi connectivity index (χ0v) is 14.2. The molecule has 0 N–H and O–H groups in total. The predicted octanol–water partition coefficient (Wildman–Crippen LogP) is 2.32. The number of thiazole rings is 1. The molecule has 4 rings (SSSR count). The summed E-state index contributed by atoms with van der Waals surface area (Å²) >= 11 is 1.36. The lowest BCUT2D eigenvalue weighted by Crippen LogP contribution is -2.39. The fourth-order valence-corrected chi connectivity index (χ4v) is 4.07. The van der Waals surface area contributed by atoms with E-state index in [4.69, 9.17) is 0 Å². The molecule has 1 aliphatic rings. The highest BCUT2D eigenvalue weighted by Gasteiger charge is 2.29. The lowest BCUT2D eigenvalue weighted by molar-refractivity contribution is 0.0703. The molecule has 1 aliphatic heterocycles. The average molecular weight is 342 g/mol. The lowest BCUT2D eigenvalue weighted by Gasteiger charge is -2.31. The fourth-order valence-electron chi connectivity index (χ4n) is 3.19. The van der Waals surface area contributed by atoms with Crippen molar-refractivity contribution in [2.75, 3.05) is 13.1 Å². The minimum Gasteiger partial charge on any atom is -0.336 e. The topological polar surface area (TPSA) is 76.8 Å². The van der Waals surface area contributed by atoms with Crippen LogP contribution in [0.3, 0.4) is 0 Å². The normalized spacial score (nSPS) is 18.2. The molecule has 0 aliphatic carbocycles. The van der Waals surface area contributed by atoms with Crippen LogP contribution in [0.15, 0.2) is 24.7 Å². The van der Waals surface area contributed by atoms with Crippen molar-refractivity contribution in [1.82, 2.24) is 29.6 Å². The quantitative estimate of drug-likeness (QED) is 0.730. The third-order valence-corrected chi connectivity index (χ3v) is 5.38. The van der Waals surface area contributed by atoms with Crippen molar-refractivity contribution in [3.63, 3.8) is 0 Å². The Morgan fingerprint density at radius 3 is 3.21 bits per heavy atom. The van der Waals surface area contributed by atoms with Gasteiger partial charge in [-0.2, -0.15) is 0 Å². The molecule has 1 atom stereocenters. The molecule has 7 nitrogen and oxygen atoms in total. The van der Waals surface area contributed by atoms with E-state index >= 15 is 0 Å². The predicted molar refractivity (Wildman–Crippen MR) is 91.0 cm³/mol. The molecule has 0 bridgehead atoms. The smallest absolute Gasteiger partial charge is 0.282 e. The van der Waals surface area contributed by atoms with Gasteiger partial charge in [-0.1, -0.05) is 11.3 Å². The van der Waals surface area contributed by atoms with Crippen LogP contribution in [-0.2, 0) is 6.54 Å². The van der Waals surface area contributed by atoms with Crippen molar-refractivity contribution in [3.05, 3.63) is 35.5 Å². The monoisotopic (exact) mass is 342 g/mol. The third kappa shape index (κ3) is 2.66. The number of hydrogen-bond donors (Lipinski definition) is 0. The van der Waals surface area contributed by atoms with Crippen molar-refractivity contribution < 1.29 is 4.79 Å². The molecule has 3 aromatic rings. The first kappa shape index (κ1) is 15.2. The minimum absolute atomic E-state index is 0.00902. The Kier molecular flexibility index (Phi) is 3.97. The zero-order valence-electron chi connectivity index (χ0n) is 13.4. The highest BCUT2D eigenvalue weighted by molar-refractivity contribution is 7.19. The van der Waals surface area contributed by atoms with Crippen LogP contribution in [0.25, 0.3) is 10.3 Å². The molecule has 1 saturated heterocycles. The van der Waals surface area contributed by atoms with Crippen molar-refractivity contribution in [2.24, 2.45) is 0 Å². The Balaban J connectivity index is 1.56. The summed E-state index contributed by atoms with van der Waals surface area (Å²) in [5.74, 6) is 1.20. The molecule has 1 unspecified atom stereocenters. The van der Waals surface area contributed by atoms with E-state index in [9.17, 15) is 4.79 Å². The molecule has 1 fully saturated rings. The number of fused-ring (bicyclic) bond motifs is 1. The van der Waals surface area contributed by atoms with E-state index in [-0.39, 0.29) is 11.8 Å². The summed E-state index contributed by atoms with van der Waals surface area (Å²) in [5, 5.41) is 8.80. The molecule has 0 spiro atoms. The van der Waals surface area contributed by atoms with E-state index < -0.39 is 0 Å². The van der Waals surface area contributed by atoms with Gasteiger partial charge >= 0.3 is 0 Å². The van der Waals surface area contributed by atoms with Gasteiger partial charge in [0.2, 0.25) is 0 Å². The number of likely N-dealkylation sites (tertiary alicyclic amines) is 1. The van der Waals surface area contributed by atoms with E-state index in [1.165, 1.54) is 11.3 Å². The summed E-state index contributed by atoms with van der Waals surface area (Å²) in [6, 6.07) is 3.73. The molecule has 0 radical (unpaired) electrons. The van der Waals surface area contributed by atoms with Gasteiger partial charge in [0, 0.05) is 31.7 Å². The number of carbonyl (C=O) groups is 1. The molecule has 24 heavy (non-hydrogen) atoms. The number of amides is 1. The molecule has 4 heterocycles. The molecule has 0 aromatic carbocycles. The summed E-state index contributed by atoms with van der Waals surface area (Å²) in [7, 11) is 0. The highest BCUT2D eigenvalue weighted by Crippen LogP contribution is 2.28. The van der Waals surface area contributed by atoms with Gasteiger partial charge in [-0.05, 0) is 31.9 Å². The first-order valence-corrected chi connectivity index (χ1v) is 8.96. The highest BCUT2D eigenvalue weighted by atomic mass is 32.1. The largest absolute Gasteiger partial charge is 0.336 e. The molecule has 3 aromatic heterocycles. The third-order valence-electron chi connectivity index (χ3n) is 4.41. The molecule has 124 valence electrons. The van der Waals surface area contributed by atoms with E-state index in [0.29, 0.717) is 11.6 Å². The Labute approximate surface area is 143 Å². The van der Waals surface area contributed by atoms with Crippen LogP contribution in [0.1, 0.15) is 41.3 Å². The first-order valence-electron chi connectivity index (χ1n) is 8.14. The summed E-state index contributed by atoms with van der Waals surface area (Å²) in [4.78, 5) is 24.2. The molecular formula is C16H18N6OS. The molecule has 0 saturated carbocycles. The van der Waals surface area contributed by atoms with E-state index in [0.717, 1.165) is 42.1 Å². The van der Waals surface area contributed by atoms with Crippen LogP contribution < -0.4 is 0 Å². The second-order valence-electron chi connectivity index (χ2n) is 5.91. The van der Waals surface area contributed by atoms with Gasteiger partial charge in [-0.3, -0.25) is 4.79 Å². The number of piperidine rings is 1. The second kappa shape index (κ2) is 6.27. The maximum atomic E-state index is 12.8. The van der Waals surface area contributed by atoms with E-state index in [1.807, 2.05) is 17.0 Å². The minimum atomic E-state index is -0.00902. The van der Waals surface area contributed by atoms with Gasteiger partial charge in [0.1, 0.15) is 22.5 Å².